The fourth-order valence-electron chi connectivity index (χ4n) is 4.31. The van der Waals surface area contributed by atoms with Crippen molar-refractivity contribution in [2.75, 3.05) is 12.2 Å². The Hall–Kier alpha value is -3.86. The molecule has 0 aliphatic heterocycles. The highest BCUT2D eigenvalue weighted by atomic mass is 15.8. The zero-order valence-electron chi connectivity index (χ0n) is 15.3. The number of benzene rings is 2. The monoisotopic (exact) mass is 363 g/mol. The number of aromatic nitrogens is 4. The first-order valence-electron chi connectivity index (χ1n) is 9.25. The van der Waals surface area contributed by atoms with Crippen molar-refractivity contribution in [3.05, 3.63) is 85.5 Å². The molecule has 0 radical (unpaired) electrons. The van der Waals surface area contributed by atoms with Gasteiger partial charge < -0.3 is 0 Å². The third kappa shape index (κ3) is 1.90. The molecule has 5 heteroatoms. The van der Waals surface area contributed by atoms with Crippen LogP contribution in [0.25, 0.3) is 43.6 Å². The fraction of sp³-hybridized carbons (Fsp3) is 0.0435. The van der Waals surface area contributed by atoms with Crippen LogP contribution in [0.1, 0.15) is 0 Å². The van der Waals surface area contributed by atoms with Gasteiger partial charge in [0.2, 0.25) is 0 Å². The Kier molecular flexibility index (Phi) is 3.03. The van der Waals surface area contributed by atoms with Gasteiger partial charge in [0.25, 0.3) is 0 Å². The molecule has 0 amide bonds. The van der Waals surface area contributed by atoms with Crippen LogP contribution in [0, 0.1) is 0 Å². The summed E-state index contributed by atoms with van der Waals surface area (Å²) in [5, 5.41) is 6.96. The van der Waals surface area contributed by atoms with Gasteiger partial charge in [-0.3, -0.25) is 9.97 Å². The first-order chi connectivity index (χ1) is 13.8. The largest absolute Gasteiger partial charge is 0.262 e. The maximum Gasteiger partial charge on any atom is 0.0910 e. The lowest BCUT2D eigenvalue weighted by atomic mass is 10.2. The second kappa shape index (κ2) is 5.57. The maximum absolute atomic E-state index is 4.39. The predicted octanol–water partition coefficient (Wildman–Crippen LogP) is 4.72. The van der Waals surface area contributed by atoms with Crippen LogP contribution in [0.3, 0.4) is 0 Å². The molecule has 0 saturated carbocycles. The van der Waals surface area contributed by atoms with Crippen LogP contribution in [-0.2, 0) is 0 Å². The van der Waals surface area contributed by atoms with Gasteiger partial charge >= 0.3 is 0 Å². The van der Waals surface area contributed by atoms with E-state index in [9.17, 15) is 0 Å². The molecule has 0 N–H and O–H groups in total. The summed E-state index contributed by atoms with van der Waals surface area (Å²) in [6.45, 7) is 0. The van der Waals surface area contributed by atoms with Crippen molar-refractivity contribution in [2.24, 2.45) is 0 Å². The van der Waals surface area contributed by atoms with Crippen LogP contribution in [0.5, 0.6) is 0 Å². The smallest absolute Gasteiger partial charge is 0.0910 e. The topological polar surface area (TPSA) is 38.9 Å². The maximum atomic E-state index is 4.39. The van der Waals surface area contributed by atoms with Gasteiger partial charge in [-0.15, -0.1) is 0 Å². The van der Waals surface area contributed by atoms with E-state index in [2.05, 4.69) is 92.1 Å². The summed E-state index contributed by atoms with van der Waals surface area (Å²) in [7, 11) is 2.08. The number of pyridine rings is 2. The molecule has 6 rings (SSSR count). The summed E-state index contributed by atoms with van der Waals surface area (Å²) in [5.74, 6) is 0. The zero-order chi connectivity index (χ0) is 18.7. The second-order valence-electron chi connectivity index (χ2n) is 6.93. The molecule has 0 bridgehead atoms. The summed E-state index contributed by atoms with van der Waals surface area (Å²) >= 11 is 0. The van der Waals surface area contributed by atoms with E-state index >= 15 is 0 Å². The average molecular weight is 363 g/mol. The van der Waals surface area contributed by atoms with E-state index in [1.165, 1.54) is 21.5 Å². The molecular formula is C23H17N5. The Morgan fingerprint density at radius 1 is 0.571 bits per heavy atom. The van der Waals surface area contributed by atoms with Gasteiger partial charge in [0.05, 0.1) is 34.5 Å². The quantitative estimate of drug-likeness (QED) is 0.447. The molecule has 5 nitrogen and oxygen atoms in total. The number of fused-ring (bicyclic) bond motifs is 6. The second-order valence-corrected chi connectivity index (χ2v) is 6.93. The molecule has 134 valence electrons. The molecule has 0 saturated heterocycles. The van der Waals surface area contributed by atoms with Crippen molar-refractivity contribution in [2.45, 2.75) is 0 Å². The van der Waals surface area contributed by atoms with Crippen molar-refractivity contribution in [1.29, 1.82) is 0 Å². The van der Waals surface area contributed by atoms with Gasteiger partial charge in [0, 0.05) is 41.0 Å². The van der Waals surface area contributed by atoms with E-state index in [0.717, 1.165) is 22.1 Å². The highest BCUT2D eigenvalue weighted by Gasteiger charge is 2.18. The van der Waals surface area contributed by atoms with Crippen molar-refractivity contribution in [3.8, 4) is 0 Å². The van der Waals surface area contributed by atoms with Crippen molar-refractivity contribution >= 4 is 43.6 Å². The highest BCUT2D eigenvalue weighted by molar-refractivity contribution is 6.09. The van der Waals surface area contributed by atoms with Gasteiger partial charge in [-0.1, -0.05) is 36.4 Å². The molecule has 0 fully saturated rings. The van der Waals surface area contributed by atoms with Crippen LogP contribution in [0.15, 0.2) is 85.5 Å². The molecule has 0 atom stereocenters. The minimum atomic E-state index is 1.07. The van der Waals surface area contributed by atoms with Crippen LogP contribution < -0.4 is 5.12 Å². The van der Waals surface area contributed by atoms with Crippen molar-refractivity contribution in [1.82, 2.24) is 19.3 Å². The van der Waals surface area contributed by atoms with Gasteiger partial charge in [-0.05, 0) is 24.3 Å². The highest BCUT2D eigenvalue weighted by Crippen LogP contribution is 2.32. The first-order valence-corrected chi connectivity index (χ1v) is 9.25. The molecule has 0 aliphatic carbocycles. The number of hydrogen-bond donors (Lipinski definition) is 0. The van der Waals surface area contributed by atoms with E-state index in [-0.39, 0.29) is 0 Å². The van der Waals surface area contributed by atoms with E-state index < -0.39 is 0 Å². The van der Waals surface area contributed by atoms with Crippen LogP contribution in [0.2, 0.25) is 0 Å². The molecule has 4 aromatic heterocycles. The zero-order valence-corrected chi connectivity index (χ0v) is 15.3. The summed E-state index contributed by atoms with van der Waals surface area (Å²) in [4.78, 5) is 8.78. The lowest BCUT2D eigenvalue weighted by molar-refractivity contribution is 0.631. The molecule has 28 heavy (non-hydrogen) atoms. The van der Waals surface area contributed by atoms with Crippen molar-refractivity contribution < 1.29 is 0 Å². The Bertz CT molecular complexity index is 1270. The number of para-hydroxylation sites is 2. The SMILES string of the molecule is CN(n1c2ccccc2c2ccncc21)n1c2ccccc2c2ccncc21. The van der Waals surface area contributed by atoms with Crippen molar-refractivity contribution in [3.63, 3.8) is 0 Å². The molecule has 0 aliphatic rings. The van der Waals surface area contributed by atoms with Gasteiger partial charge in [-0.25, -0.2) is 14.5 Å². The Labute approximate surface area is 161 Å². The minimum absolute atomic E-state index is 1.07. The van der Waals surface area contributed by atoms with Gasteiger partial charge in [-0.2, -0.15) is 0 Å². The lowest BCUT2D eigenvalue weighted by Crippen LogP contribution is -2.35. The molecule has 2 aromatic carbocycles. The van der Waals surface area contributed by atoms with E-state index in [1.54, 1.807) is 0 Å². The summed E-state index contributed by atoms with van der Waals surface area (Å²) in [5.41, 5.74) is 4.42. The van der Waals surface area contributed by atoms with Crippen LogP contribution in [-0.4, -0.2) is 26.4 Å². The summed E-state index contributed by atoms with van der Waals surface area (Å²) < 4.78 is 4.44. The number of hydrogen-bond acceptors (Lipinski definition) is 3. The Morgan fingerprint density at radius 2 is 1.00 bits per heavy atom. The van der Waals surface area contributed by atoms with E-state index in [1.807, 2.05) is 24.8 Å². The number of rotatable bonds is 2. The molecule has 0 unspecified atom stereocenters. The third-order valence-corrected chi connectivity index (χ3v) is 5.48. The Morgan fingerprint density at radius 3 is 1.50 bits per heavy atom. The standard InChI is InChI=1S/C23H17N5/c1-26(27-20-8-4-2-6-16(20)18-10-12-24-14-22(18)27)28-21-9-5-3-7-17(21)19-11-13-25-15-23(19)28/h2-15H,1H3. The summed E-state index contributed by atoms with van der Waals surface area (Å²) in [6.07, 6.45) is 7.56. The molecule has 6 aromatic rings. The first kappa shape index (κ1) is 15.2. The number of nitrogens with zero attached hydrogens (tertiary/aromatic N) is 5. The van der Waals surface area contributed by atoms with Gasteiger partial charge in [0.1, 0.15) is 0 Å². The Balaban J connectivity index is 1.75. The predicted molar refractivity (Wildman–Crippen MR) is 114 cm³/mol. The van der Waals surface area contributed by atoms with E-state index in [4.69, 9.17) is 0 Å². The molecular weight excluding hydrogens is 346 g/mol. The normalized spacial score (nSPS) is 11.8. The lowest BCUT2D eigenvalue weighted by Gasteiger charge is -2.26. The van der Waals surface area contributed by atoms with Crippen LogP contribution >= 0.6 is 0 Å². The van der Waals surface area contributed by atoms with Gasteiger partial charge in [0.15, 0.2) is 0 Å². The van der Waals surface area contributed by atoms with E-state index in [0.29, 0.717) is 0 Å². The fourth-order valence-corrected chi connectivity index (χ4v) is 4.31. The summed E-state index contributed by atoms with van der Waals surface area (Å²) in [6, 6.07) is 21.1. The minimum Gasteiger partial charge on any atom is -0.262 e. The van der Waals surface area contributed by atoms with Crippen LogP contribution in [0.4, 0.5) is 0 Å². The molecule has 4 heterocycles. The average Bonchev–Trinajstić information content (AvgIpc) is 3.27. The molecule has 0 spiro atoms. The third-order valence-electron chi connectivity index (χ3n) is 5.48.